The van der Waals surface area contributed by atoms with Crippen LogP contribution >= 0.6 is 0 Å². The summed E-state index contributed by atoms with van der Waals surface area (Å²) in [7, 11) is -2.08. The zero-order valence-electron chi connectivity index (χ0n) is 17.2. The molecule has 0 bridgehead atoms. The Morgan fingerprint density at radius 1 is 0.903 bits per heavy atom. The molecule has 0 saturated carbocycles. The molecular formula is C23H25FN2O4S. The van der Waals surface area contributed by atoms with Gasteiger partial charge in [-0.2, -0.15) is 0 Å². The van der Waals surface area contributed by atoms with Gasteiger partial charge in [-0.05, 0) is 66.1 Å². The molecular weight excluding hydrogens is 419 g/mol. The molecule has 0 saturated heterocycles. The highest BCUT2D eigenvalue weighted by Gasteiger charge is 2.08. The number of halogens is 1. The fourth-order valence-electron chi connectivity index (χ4n) is 2.99. The third kappa shape index (κ3) is 6.78. The van der Waals surface area contributed by atoms with Crippen LogP contribution in [0.15, 0.2) is 71.6 Å². The summed E-state index contributed by atoms with van der Waals surface area (Å²) in [6, 6.07) is 18.4. The summed E-state index contributed by atoms with van der Waals surface area (Å²) in [4.78, 5) is 0.109. The van der Waals surface area contributed by atoms with Crippen LogP contribution in [0.4, 0.5) is 4.39 Å². The summed E-state index contributed by atoms with van der Waals surface area (Å²) in [5.74, 6) is 0.962. The monoisotopic (exact) mass is 444 g/mol. The molecule has 164 valence electrons. The molecule has 0 heterocycles. The quantitative estimate of drug-likeness (QED) is 0.468. The molecule has 0 atom stereocenters. The zero-order valence-corrected chi connectivity index (χ0v) is 18.0. The maximum Gasteiger partial charge on any atom is 0.238 e. The van der Waals surface area contributed by atoms with Crippen LogP contribution < -0.4 is 19.9 Å². The van der Waals surface area contributed by atoms with Crippen LogP contribution in [0.25, 0.3) is 0 Å². The largest absolute Gasteiger partial charge is 0.493 e. The summed E-state index contributed by atoms with van der Waals surface area (Å²) in [5, 5.41) is 8.46. The smallest absolute Gasteiger partial charge is 0.238 e. The summed E-state index contributed by atoms with van der Waals surface area (Å²) in [5.41, 5.74) is 2.92. The minimum Gasteiger partial charge on any atom is -0.493 e. The summed E-state index contributed by atoms with van der Waals surface area (Å²) >= 11 is 0. The molecule has 0 aliphatic rings. The van der Waals surface area contributed by atoms with Gasteiger partial charge in [0.25, 0.3) is 0 Å². The Bertz CT molecular complexity index is 1100. The van der Waals surface area contributed by atoms with Crippen molar-refractivity contribution in [3.05, 3.63) is 89.2 Å². The van der Waals surface area contributed by atoms with Gasteiger partial charge < -0.3 is 14.8 Å². The van der Waals surface area contributed by atoms with E-state index in [1.165, 1.54) is 24.3 Å². The van der Waals surface area contributed by atoms with E-state index in [0.29, 0.717) is 24.7 Å². The maximum atomic E-state index is 13.0. The Morgan fingerprint density at radius 2 is 1.55 bits per heavy atom. The predicted molar refractivity (Wildman–Crippen MR) is 117 cm³/mol. The van der Waals surface area contributed by atoms with Crippen molar-refractivity contribution in [2.24, 2.45) is 5.14 Å². The van der Waals surface area contributed by atoms with Gasteiger partial charge in [-0.25, -0.2) is 17.9 Å². The van der Waals surface area contributed by atoms with Gasteiger partial charge in [0.2, 0.25) is 10.0 Å². The molecule has 0 aliphatic heterocycles. The van der Waals surface area contributed by atoms with E-state index in [1.54, 1.807) is 31.4 Å². The number of rotatable bonds is 10. The SMILES string of the molecule is COc1cc(CNCCc2ccc(S(N)(=O)=O)cc2)ccc1OCc1ccc(F)cc1. The molecule has 3 rings (SSSR count). The highest BCUT2D eigenvalue weighted by Crippen LogP contribution is 2.29. The molecule has 0 aliphatic carbocycles. The van der Waals surface area contributed by atoms with E-state index in [4.69, 9.17) is 14.6 Å². The lowest BCUT2D eigenvalue weighted by Gasteiger charge is -2.13. The number of nitrogens with two attached hydrogens (primary N) is 1. The van der Waals surface area contributed by atoms with Crippen LogP contribution in [-0.2, 0) is 29.6 Å². The first-order valence-corrected chi connectivity index (χ1v) is 11.3. The summed E-state index contributed by atoms with van der Waals surface area (Å²) in [6.45, 7) is 1.68. The van der Waals surface area contributed by atoms with Crippen molar-refractivity contribution >= 4 is 10.0 Å². The maximum absolute atomic E-state index is 13.0. The molecule has 3 aromatic carbocycles. The van der Waals surface area contributed by atoms with Crippen molar-refractivity contribution in [1.29, 1.82) is 0 Å². The van der Waals surface area contributed by atoms with Gasteiger partial charge in [-0.15, -0.1) is 0 Å². The number of hydrogen-bond acceptors (Lipinski definition) is 5. The molecule has 0 aromatic heterocycles. The first kappa shape index (κ1) is 22.7. The lowest BCUT2D eigenvalue weighted by atomic mass is 10.1. The Hall–Kier alpha value is -2.94. The molecule has 3 N–H and O–H groups in total. The van der Waals surface area contributed by atoms with Gasteiger partial charge in [0, 0.05) is 6.54 Å². The molecule has 8 heteroatoms. The van der Waals surface area contributed by atoms with Crippen molar-refractivity contribution < 1.29 is 22.3 Å². The Kier molecular flexibility index (Phi) is 7.62. The highest BCUT2D eigenvalue weighted by molar-refractivity contribution is 7.89. The molecule has 6 nitrogen and oxygen atoms in total. The fourth-order valence-corrected chi connectivity index (χ4v) is 3.51. The number of primary sulfonamides is 1. The summed E-state index contributed by atoms with van der Waals surface area (Å²) < 4.78 is 46.8. The van der Waals surface area contributed by atoms with E-state index < -0.39 is 10.0 Å². The number of sulfonamides is 1. The Morgan fingerprint density at radius 3 is 2.19 bits per heavy atom. The molecule has 0 spiro atoms. The van der Waals surface area contributed by atoms with E-state index in [1.807, 2.05) is 18.2 Å². The van der Waals surface area contributed by atoms with Crippen LogP contribution in [0, 0.1) is 5.82 Å². The normalized spacial score (nSPS) is 11.3. The second-order valence-corrected chi connectivity index (χ2v) is 8.58. The van der Waals surface area contributed by atoms with Crippen LogP contribution in [-0.4, -0.2) is 22.1 Å². The fraction of sp³-hybridized carbons (Fsp3) is 0.217. The van der Waals surface area contributed by atoms with Gasteiger partial charge in [-0.1, -0.05) is 30.3 Å². The third-order valence-electron chi connectivity index (χ3n) is 4.71. The average molecular weight is 445 g/mol. The van der Waals surface area contributed by atoms with E-state index >= 15 is 0 Å². The second kappa shape index (κ2) is 10.4. The number of ether oxygens (including phenoxy) is 2. The highest BCUT2D eigenvalue weighted by atomic mass is 32.2. The van der Waals surface area contributed by atoms with Crippen molar-refractivity contribution in [3.8, 4) is 11.5 Å². The van der Waals surface area contributed by atoms with Gasteiger partial charge in [0.05, 0.1) is 12.0 Å². The van der Waals surface area contributed by atoms with E-state index in [9.17, 15) is 12.8 Å². The number of hydrogen-bond donors (Lipinski definition) is 2. The van der Waals surface area contributed by atoms with Crippen LogP contribution in [0.5, 0.6) is 11.5 Å². The average Bonchev–Trinajstić information content (AvgIpc) is 2.76. The molecule has 0 unspecified atom stereocenters. The second-order valence-electron chi connectivity index (χ2n) is 7.02. The number of benzene rings is 3. The minimum absolute atomic E-state index is 0.109. The Labute approximate surface area is 181 Å². The Balaban J connectivity index is 1.49. The van der Waals surface area contributed by atoms with E-state index in [2.05, 4.69) is 5.32 Å². The van der Waals surface area contributed by atoms with Crippen LogP contribution in [0.2, 0.25) is 0 Å². The van der Waals surface area contributed by atoms with Crippen molar-refractivity contribution in [2.45, 2.75) is 24.5 Å². The van der Waals surface area contributed by atoms with Crippen LogP contribution in [0.3, 0.4) is 0 Å². The first-order valence-electron chi connectivity index (χ1n) is 9.72. The van der Waals surface area contributed by atoms with Crippen LogP contribution in [0.1, 0.15) is 16.7 Å². The van der Waals surface area contributed by atoms with Gasteiger partial charge >= 0.3 is 0 Å². The predicted octanol–water partition coefficient (Wildman–Crippen LogP) is 3.39. The molecule has 0 fully saturated rings. The standard InChI is InChI=1S/C23H25FN2O4S/c1-29-23-14-19(6-11-22(23)30-16-18-2-7-20(24)8-3-18)15-26-13-12-17-4-9-21(10-5-17)31(25,27)28/h2-11,14,26H,12-13,15-16H2,1H3,(H2,25,27,28). The molecule has 3 aromatic rings. The van der Waals surface area contributed by atoms with Crippen molar-refractivity contribution in [1.82, 2.24) is 5.32 Å². The third-order valence-corrected chi connectivity index (χ3v) is 5.64. The van der Waals surface area contributed by atoms with E-state index in [0.717, 1.165) is 29.7 Å². The van der Waals surface area contributed by atoms with Crippen molar-refractivity contribution in [2.75, 3.05) is 13.7 Å². The molecule has 31 heavy (non-hydrogen) atoms. The van der Waals surface area contributed by atoms with E-state index in [-0.39, 0.29) is 10.7 Å². The van der Waals surface area contributed by atoms with Gasteiger partial charge in [-0.3, -0.25) is 0 Å². The lowest BCUT2D eigenvalue weighted by Crippen LogP contribution is -2.17. The lowest BCUT2D eigenvalue weighted by molar-refractivity contribution is 0.284. The van der Waals surface area contributed by atoms with Crippen molar-refractivity contribution in [3.63, 3.8) is 0 Å². The molecule has 0 radical (unpaired) electrons. The first-order chi connectivity index (χ1) is 14.8. The number of methoxy groups -OCH3 is 1. The van der Waals surface area contributed by atoms with Gasteiger partial charge in [0.15, 0.2) is 11.5 Å². The van der Waals surface area contributed by atoms with Gasteiger partial charge in [0.1, 0.15) is 12.4 Å². The summed E-state index contributed by atoms with van der Waals surface area (Å²) in [6.07, 6.45) is 0.751. The molecule has 0 amide bonds. The number of nitrogens with one attached hydrogen (secondary N) is 1. The zero-order chi connectivity index (χ0) is 22.3. The minimum atomic E-state index is -3.67. The topological polar surface area (TPSA) is 90.6 Å².